The normalized spacial score (nSPS) is 12.2. The maximum atomic E-state index is 10.2. The predicted octanol–water partition coefficient (Wildman–Crippen LogP) is 21.6. The smallest absolute Gasteiger partial charge is 0.187 e. The molecule has 0 bridgehead atoms. The zero-order valence-corrected chi connectivity index (χ0v) is 53.2. The average molecular weight is 1170 g/mol. The Kier molecular flexibility index (Phi) is 14.2. The summed E-state index contributed by atoms with van der Waals surface area (Å²) in [6, 6.07) is 76.7. The SMILES string of the molecule is [C-]#[N+]c1ccc(-c2ccc(-c3nc(-c4ccc(-c5ccccc5C#N)cc4)nc(-c4ccc(-c5ccc(C#N)cc5)cc4-n4c5ccc(C(C)(C)C)cc5c5cc(C(C)(C)C)ccc54)n3)c(-n3c4ccc(C(C)(C)C)cc4c4cc(C(C)(C)C)ccc43)c2)cc1. The maximum Gasteiger partial charge on any atom is 0.187 e. The van der Waals surface area contributed by atoms with Gasteiger partial charge in [-0.2, -0.15) is 10.5 Å². The van der Waals surface area contributed by atoms with Gasteiger partial charge in [0, 0.05) is 38.2 Å². The van der Waals surface area contributed by atoms with Crippen LogP contribution in [0.1, 0.15) is 116 Å². The third kappa shape index (κ3) is 10.6. The number of aromatic nitrogens is 5. The van der Waals surface area contributed by atoms with E-state index in [1.807, 2.05) is 97.1 Å². The van der Waals surface area contributed by atoms with Crippen LogP contribution in [0.15, 0.2) is 206 Å². The number of fused-ring (bicyclic) bond motifs is 6. The second-order valence-corrected chi connectivity index (χ2v) is 28.0. The molecule has 90 heavy (non-hydrogen) atoms. The van der Waals surface area contributed by atoms with E-state index in [1.165, 1.54) is 22.3 Å². The second kappa shape index (κ2) is 21.8. The lowest BCUT2D eigenvalue weighted by atomic mass is 9.85. The molecule has 0 aliphatic rings. The summed E-state index contributed by atoms with van der Waals surface area (Å²) in [5.41, 5.74) is 20.2. The maximum absolute atomic E-state index is 10.2. The van der Waals surface area contributed by atoms with Gasteiger partial charge in [-0.15, -0.1) is 0 Å². The van der Waals surface area contributed by atoms with Crippen LogP contribution < -0.4 is 0 Å². The van der Waals surface area contributed by atoms with E-state index >= 15 is 0 Å². The summed E-state index contributed by atoms with van der Waals surface area (Å²) in [6.45, 7) is 35.0. The zero-order valence-electron chi connectivity index (χ0n) is 53.2. The van der Waals surface area contributed by atoms with Gasteiger partial charge < -0.3 is 9.13 Å². The number of nitriles is 2. The first-order valence-electron chi connectivity index (χ1n) is 30.8. The Hall–Kier alpha value is -10.7. The van der Waals surface area contributed by atoms with Crippen LogP contribution in [0.5, 0.6) is 0 Å². The van der Waals surface area contributed by atoms with Gasteiger partial charge in [0.1, 0.15) is 0 Å². The Bertz CT molecular complexity index is 4740. The Labute approximate surface area is 527 Å². The highest BCUT2D eigenvalue weighted by Crippen LogP contribution is 2.45. The standard InChI is InChI=1S/C82H70N8/c1-79(2,3)58-30-38-70-66(44-58)67-45-59(80(4,5)6)31-39-71(67)89(70)74-42-55(51-20-18-50(48-83)19-21-51)28-36-64(74)77-86-76(54-24-22-53(23-25-54)63-17-15-14-16-57(63)49-84)87-78(88-77)65-37-29-56(52-26-34-62(85-13)35-27-52)43-75(65)90-72-40-32-60(81(7,8)9)46-68(72)69-47-61(82(10,11)12)33-41-73(69)90/h14-47H,1-12H3. The highest BCUT2D eigenvalue weighted by molar-refractivity contribution is 6.12. The molecule has 13 aromatic rings. The molecule has 0 amide bonds. The van der Waals surface area contributed by atoms with E-state index in [2.05, 4.69) is 218 Å². The van der Waals surface area contributed by atoms with Gasteiger partial charge in [0.15, 0.2) is 23.2 Å². The predicted molar refractivity (Wildman–Crippen MR) is 372 cm³/mol. The molecule has 13 rings (SSSR count). The van der Waals surface area contributed by atoms with Crippen LogP contribution in [0, 0.1) is 29.2 Å². The van der Waals surface area contributed by atoms with E-state index in [0.717, 1.165) is 105 Å². The Morgan fingerprint density at radius 2 is 0.700 bits per heavy atom. The molecule has 8 heteroatoms. The Balaban J connectivity index is 1.13. The van der Waals surface area contributed by atoms with E-state index in [9.17, 15) is 10.5 Å². The van der Waals surface area contributed by atoms with Crippen molar-refractivity contribution in [2.75, 3.05) is 0 Å². The van der Waals surface area contributed by atoms with Crippen molar-refractivity contribution in [1.82, 2.24) is 24.1 Å². The molecule has 10 aromatic carbocycles. The summed E-state index contributed by atoms with van der Waals surface area (Å²) in [4.78, 5) is 20.6. The topological polar surface area (TPSA) is 100 Å². The van der Waals surface area contributed by atoms with Crippen molar-refractivity contribution in [3.05, 3.63) is 251 Å². The molecule has 0 fully saturated rings. The van der Waals surface area contributed by atoms with Crippen molar-refractivity contribution in [1.29, 1.82) is 10.5 Å². The summed E-state index contributed by atoms with van der Waals surface area (Å²) < 4.78 is 4.76. The number of nitrogens with zero attached hydrogens (tertiary/aromatic N) is 8. The zero-order chi connectivity index (χ0) is 63.2. The molecule has 0 N–H and O–H groups in total. The van der Waals surface area contributed by atoms with Crippen molar-refractivity contribution in [2.45, 2.75) is 105 Å². The minimum absolute atomic E-state index is 0.106. The summed E-state index contributed by atoms with van der Waals surface area (Å²) >= 11 is 0. The van der Waals surface area contributed by atoms with Gasteiger partial charge in [-0.3, -0.25) is 0 Å². The van der Waals surface area contributed by atoms with Gasteiger partial charge in [-0.25, -0.2) is 19.8 Å². The monoisotopic (exact) mass is 1170 g/mol. The second-order valence-electron chi connectivity index (χ2n) is 28.0. The first-order valence-corrected chi connectivity index (χ1v) is 30.8. The van der Waals surface area contributed by atoms with Crippen LogP contribution in [0.2, 0.25) is 0 Å². The van der Waals surface area contributed by atoms with Crippen LogP contribution in [-0.4, -0.2) is 24.1 Å². The van der Waals surface area contributed by atoms with Gasteiger partial charge in [-0.1, -0.05) is 198 Å². The number of rotatable bonds is 8. The third-order valence-electron chi connectivity index (χ3n) is 17.8. The first kappa shape index (κ1) is 58.3. The van der Waals surface area contributed by atoms with Gasteiger partial charge >= 0.3 is 0 Å². The Morgan fingerprint density at radius 3 is 1.08 bits per heavy atom. The molecule has 438 valence electrons. The quantitative estimate of drug-likeness (QED) is 0.141. The molecule has 0 saturated heterocycles. The minimum atomic E-state index is -0.107. The first-order chi connectivity index (χ1) is 43.0. The number of benzene rings is 10. The van der Waals surface area contributed by atoms with E-state index in [0.29, 0.717) is 34.3 Å². The van der Waals surface area contributed by atoms with E-state index in [-0.39, 0.29) is 21.7 Å². The van der Waals surface area contributed by atoms with Crippen molar-refractivity contribution in [3.63, 3.8) is 0 Å². The molecule has 0 atom stereocenters. The highest BCUT2D eigenvalue weighted by Gasteiger charge is 2.28. The van der Waals surface area contributed by atoms with Crippen LogP contribution >= 0.6 is 0 Å². The molecule has 0 aliphatic heterocycles. The highest BCUT2D eigenvalue weighted by atomic mass is 15.1. The summed E-state index contributed by atoms with van der Waals surface area (Å²) in [7, 11) is 0. The van der Waals surface area contributed by atoms with Crippen LogP contribution in [0.4, 0.5) is 5.69 Å². The average Bonchev–Trinajstić information content (AvgIpc) is 1.57. The molecule has 3 heterocycles. The van der Waals surface area contributed by atoms with Gasteiger partial charge in [0.2, 0.25) is 0 Å². The molecule has 0 saturated carbocycles. The molecule has 3 aromatic heterocycles. The summed E-state index contributed by atoms with van der Waals surface area (Å²) in [5, 5.41) is 24.7. The molecule has 8 nitrogen and oxygen atoms in total. The van der Waals surface area contributed by atoms with E-state index in [1.54, 1.807) is 0 Å². The molecule has 0 unspecified atom stereocenters. The lowest BCUT2D eigenvalue weighted by Crippen LogP contribution is -2.10. The van der Waals surface area contributed by atoms with Gasteiger partial charge in [0.25, 0.3) is 0 Å². The molecule has 0 aliphatic carbocycles. The van der Waals surface area contributed by atoms with Crippen molar-refractivity contribution >= 4 is 49.3 Å². The Morgan fingerprint density at radius 1 is 0.344 bits per heavy atom. The minimum Gasteiger partial charge on any atom is -0.308 e. The number of hydrogen-bond donors (Lipinski definition) is 0. The van der Waals surface area contributed by atoms with Gasteiger partial charge in [0.05, 0.1) is 63.3 Å². The summed E-state index contributed by atoms with van der Waals surface area (Å²) in [6.07, 6.45) is 0. The van der Waals surface area contributed by atoms with Crippen LogP contribution in [0.25, 0.3) is 127 Å². The fourth-order valence-electron chi connectivity index (χ4n) is 12.4. The van der Waals surface area contributed by atoms with Crippen molar-refractivity contribution in [3.8, 4) is 91.1 Å². The van der Waals surface area contributed by atoms with Crippen LogP contribution in [0.3, 0.4) is 0 Å². The van der Waals surface area contributed by atoms with Crippen molar-refractivity contribution in [2.24, 2.45) is 0 Å². The van der Waals surface area contributed by atoms with Crippen molar-refractivity contribution < 1.29 is 0 Å². The lowest BCUT2D eigenvalue weighted by Gasteiger charge is -2.20. The van der Waals surface area contributed by atoms with Crippen LogP contribution in [-0.2, 0) is 21.7 Å². The summed E-state index contributed by atoms with van der Waals surface area (Å²) in [5.74, 6) is 1.42. The fourth-order valence-corrected chi connectivity index (χ4v) is 12.4. The molecule has 0 radical (unpaired) electrons. The number of hydrogen-bond acceptors (Lipinski definition) is 5. The molecule has 0 spiro atoms. The largest absolute Gasteiger partial charge is 0.308 e. The molecular formula is C82H70N8. The van der Waals surface area contributed by atoms with E-state index in [4.69, 9.17) is 21.5 Å². The third-order valence-corrected chi connectivity index (χ3v) is 17.8. The lowest BCUT2D eigenvalue weighted by molar-refractivity contribution is 0.590. The molecular weight excluding hydrogens is 1100 g/mol. The van der Waals surface area contributed by atoms with Gasteiger partial charge in [-0.05, 0) is 168 Å². The fraction of sp³-hybridized carbons (Fsp3) is 0.195. The van der Waals surface area contributed by atoms with E-state index < -0.39 is 0 Å².